The van der Waals surface area contributed by atoms with Crippen LogP contribution in [0.1, 0.15) is 11.4 Å². The van der Waals surface area contributed by atoms with E-state index in [0.717, 1.165) is 5.56 Å². The molecule has 0 atom stereocenters. The first kappa shape index (κ1) is 11.8. The predicted molar refractivity (Wildman–Crippen MR) is 68.8 cm³/mol. The molecule has 90 valence electrons. The lowest BCUT2D eigenvalue weighted by Crippen LogP contribution is -2.14. The Morgan fingerprint density at radius 2 is 1.89 bits per heavy atom. The Labute approximate surface area is 104 Å². The Hall–Kier alpha value is -2.65. The van der Waals surface area contributed by atoms with Gasteiger partial charge in [-0.05, 0) is 0 Å². The molecule has 2 rings (SSSR count). The summed E-state index contributed by atoms with van der Waals surface area (Å²) in [6, 6.07) is 9.26. The smallest absolute Gasteiger partial charge is 0.150 e. The van der Waals surface area contributed by atoms with Gasteiger partial charge in [0, 0.05) is 5.56 Å². The molecule has 2 aromatic rings. The van der Waals surface area contributed by atoms with Crippen molar-refractivity contribution in [3.05, 3.63) is 54.1 Å². The van der Waals surface area contributed by atoms with E-state index in [-0.39, 0.29) is 0 Å². The van der Waals surface area contributed by atoms with Gasteiger partial charge in [0.1, 0.15) is 11.5 Å². The minimum absolute atomic E-state index is 0.347. The third-order valence-corrected chi connectivity index (χ3v) is 2.31. The molecule has 1 aromatic heterocycles. The monoisotopic (exact) mass is 240 g/mol. The fourth-order valence-corrected chi connectivity index (χ4v) is 1.43. The number of aromatic nitrogens is 2. The minimum Gasteiger partial charge on any atom is -0.396 e. The number of hydrogen-bond acceptors (Lipinski definition) is 5. The Kier molecular flexibility index (Phi) is 3.69. The van der Waals surface area contributed by atoms with Crippen molar-refractivity contribution in [2.24, 2.45) is 0 Å². The summed E-state index contributed by atoms with van der Waals surface area (Å²) < 4.78 is 0. The first-order valence-electron chi connectivity index (χ1n) is 5.40. The number of rotatable bonds is 4. The zero-order chi connectivity index (χ0) is 12.8. The van der Waals surface area contributed by atoms with Crippen LogP contribution in [0.2, 0.25) is 0 Å². The summed E-state index contributed by atoms with van der Waals surface area (Å²) in [5, 5.41) is 2.95. The van der Waals surface area contributed by atoms with Gasteiger partial charge in [-0.2, -0.15) is 0 Å². The molecule has 1 heterocycles. The summed E-state index contributed by atoms with van der Waals surface area (Å²) >= 11 is 0. The molecule has 18 heavy (non-hydrogen) atoms. The van der Waals surface area contributed by atoms with Crippen molar-refractivity contribution in [1.82, 2.24) is 15.3 Å². The number of nitrogen functional groups attached to an aromatic ring is 1. The maximum Gasteiger partial charge on any atom is 0.150 e. The molecule has 0 spiro atoms. The summed E-state index contributed by atoms with van der Waals surface area (Å²) in [5.74, 6) is 2.44. The van der Waals surface area contributed by atoms with Crippen molar-refractivity contribution in [2.75, 3.05) is 5.73 Å². The number of anilines is 1. The van der Waals surface area contributed by atoms with Crippen molar-refractivity contribution in [3.8, 4) is 0 Å². The zero-order valence-electron chi connectivity index (χ0n) is 9.63. The van der Waals surface area contributed by atoms with Crippen molar-refractivity contribution in [3.63, 3.8) is 0 Å². The van der Waals surface area contributed by atoms with E-state index < -0.39 is 0 Å². The van der Waals surface area contributed by atoms with Crippen LogP contribution in [0.5, 0.6) is 0 Å². The number of nitrogens with zero attached hydrogens (tertiary/aromatic N) is 2. The van der Waals surface area contributed by atoms with Gasteiger partial charge in [-0.1, -0.05) is 30.3 Å². The molecule has 5 heteroatoms. The van der Waals surface area contributed by atoms with Crippen molar-refractivity contribution in [2.45, 2.75) is 6.54 Å². The highest BCUT2D eigenvalue weighted by Crippen LogP contribution is 2.08. The van der Waals surface area contributed by atoms with Crippen molar-refractivity contribution in [1.29, 1.82) is 0 Å². The Bertz CT molecular complexity index is 559. The van der Waals surface area contributed by atoms with E-state index in [0.29, 0.717) is 23.8 Å². The van der Waals surface area contributed by atoms with Gasteiger partial charge in [0.25, 0.3) is 0 Å². The van der Waals surface area contributed by atoms with Crippen LogP contribution in [-0.2, 0) is 11.3 Å². The molecule has 0 saturated heterocycles. The second kappa shape index (κ2) is 5.61. The first-order chi connectivity index (χ1) is 8.79. The van der Waals surface area contributed by atoms with Crippen LogP contribution in [0.4, 0.5) is 5.69 Å². The fraction of sp³-hybridized carbons (Fsp3) is 0.0769. The quantitative estimate of drug-likeness (QED) is 0.780. The van der Waals surface area contributed by atoms with Crippen LogP contribution in [-0.4, -0.2) is 15.9 Å². The summed E-state index contributed by atoms with van der Waals surface area (Å²) in [7, 11) is 0. The molecule has 1 aromatic carbocycles. The van der Waals surface area contributed by atoms with E-state index in [1.165, 1.54) is 12.4 Å². The minimum atomic E-state index is 0.347. The van der Waals surface area contributed by atoms with Gasteiger partial charge in [0.15, 0.2) is 5.94 Å². The zero-order valence-corrected chi connectivity index (χ0v) is 9.63. The third-order valence-electron chi connectivity index (χ3n) is 2.31. The SMILES string of the molecule is Nc1cnc(CNC(=C=O)c2ccccc2)nc1. The summed E-state index contributed by atoms with van der Waals surface area (Å²) in [6.45, 7) is 0.347. The van der Waals surface area contributed by atoms with Crippen molar-refractivity contribution < 1.29 is 4.79 Å². The van der Waals surface area contributed by atoms with Gasteiger partial charge in [0.2, 0.25) is 0 Å². The normalized spacial score (nSPS) is 9.56. The highest BCUT2D eigenvalue weighted by molar-refractivity contribution is 5.86. The highest BCUT2D eigenvalue weighted by atomic mass is 16.1. The molecule has 0 aliphatic carbocycles. The van der Waals surface area contributed by atoms with E-state index in [1.807, 2.05) is 36.3 Å². The fourth-order valence-electron chi connectivity index (χ4n) is 1.43. The molecular weight excluding hydrogens is 228 g/mol. The van der Waals surface area contributed by atoms with Gasteiger partial charge in [-0.25, -0.2) is 14.8 Å². The Morgan fingerprint density at radius 3 is 2.50 bits per heavy atom. The Balaban J connectivity index is 2.05. The molecule has 0 saturated carbocycles. The summed E-state index contributed by atoms with van der Waals surface area (Å²) in [4.78, 5) is 19.0. The van der Waals surface area contributed by atoms with E-state index >= 15 is 0 Å². The van der Waals surface area contributed by atoms with Crippen LogP contribution < -0.4 is 11.1 Å². The average Bonchev–Trinajstić information content (AvgIpc) is 2.43. The largest absolute Gasteiger partial charge is 0.396 e. The summed E-state index contributed by atoms with van der Waals surface area (Å²) in [6.07, 6.45) is 3.05. The van der Waals surface area contributed by atoms with E-state index in [4.69, 9.17) is 5.73 Å². The summed E-state index contributed by atoms with van der Waals surface area (Å²) in [5.41, 5.74) is 7.16. The van der Waals surface area contributed by atoms with Crippen LogP contribution in [0, 0.1) is 0 Å². The lowest BCUT2D eigenvalue weighted by molar-refractivity contribution is 0.568. The van der Waals surface area contributed by atoms with Crippen LogP contribution in [0.15, 0.2) is 42.7 Å². The number of nitrogens with two attached hydrogens (primary N) is 1. The first-order valence-corrected chi connectivity index (χ1v) is 5.40. The lowest BCUT2D eigenvalue weighted by Gasteiger charge is -2.06. The molecule has 0 amide bonds. The second-order valence-electron chi connectivity index (χ2n) is 3.63. The van der Waals surface area contributed by atoms with E-state index in [2.05, 4.69) is 15.3 Å². The molecule has 0 bridgehead atoms. The maximum absolute atomic E-state index is 10.9. The number of carbonyl (C=O) groups excluding carboxylic acids is 1. The van der Waals surface area contributed by atoms with E-state index in [9.17, 15) is 4.79 Å². The van der Waals surface area contributed by atoms with Gasteiger partial charge < -0.3 is 11.1 Å². The standard InChI is InChI=1S/C13H12N4O/c14-11-6-16-13(17-7-11)8-15-12(9-18)10-4-2-1-3-5-10/h1-7,15H,8,14H2. The molecular formula is C13H12N4O. The second-order valence-corrected chi connectivity index (χ2v) is 3.63. The number of hydrogen-bond donors (Lipinski definition) is 2. The highest BCUT2D eigenvalue weighted by Gasteiger charge is 2.02. The van der Waals surface area contributed by atoms with Gasteiger partial charge in [-0.15, -0.1) is 0 Å². The van der Waals surface area contributed by atoms with Crippen molar-refractivity contribution >= 4 is 17.3 Å². The molecule has 3 N–H and O–H groups in total. The average molecular weight is 240 g/mol. The van der Waals surface area contributed by atoms with E-state index in [1.54, 1.807) is 0 Å². The van der Waals surface area contributed by atoms with Gasteiger partial charge in [0.05, 0.1) is 24.6 Å². The van der Waals surface area contributed by atoms with Crippen LogP contribution >= 0.6 is 0 Å². The predicted octanol–water partition coefficient (Wildman–Crippen LogP) is 1.02. The van der Waals surface area contributed by atoms with Gasteiger partial charge in [-0.3, -0.25) is 0 Å². The van der Waals surface area contributed by atoms with Crippen LogP contribution in [0.25, 0.3) is 5.70 Å². The molecule has 0 aliphatic rings. The van der Waals surface area contributed by atoms with Crippen LogP contribution in [0.3, 0.4) is 0 Å². The molecule has 0 aliphatic heterocycles. The number of nitrogens with one attached hydrogen (secondary N) is 1. The lowest BCUT2D eigenvalue weighted by atomic mass is 10.2. The topological polar surface area (TPSA) is 80.9 Å². The molecule has 5 nitrogen and oxygen atoms in total. The molecule has 0 unspecified atom stereocenters. The molecule has 0 radical (unpaired) electrons. The Morgan fingerprint density at radius 1 is 1.22 bits per heavy atom. The van der Waals surface area contributed by atoms with Gasteiger partial charge >= 0.3 is 0 Å². The number of benzene rings is 1. The maximum atomic E-state index is 10.9. The third kappa shape index (κ3) is 2.93. The molecule has 0 fully saturated rings.